The maximum Gasteiger partial charge on any atom is 0.188 e. The third-order valence-corrected chi connectivity index (χ3v) is 2.89. The Balaban J connectivity index is 1.93. The van der Waals surface area contributed by atoms with E-state index in [-0.39, 0.29) is 0 Å². The SMILES string of the molecule is COc1ccc(NC(=S)Nc2nccs2)cc1. The minimum atomic E-state index is 0.519. The lowest BCUT2D eigenvalue weighted by atomic mass is 10.3. The van der Waals surface area contributed by atoms with Crippen molar-refractivity contribution < 1.29 is 4.74 Å². The van der Waals surface area contributed by atoms with Gasteiger partial charge in [0.05, 0.1) is 7.11 Å². The molecule has 2 aromatic rings. The number of aromatic nitrogens is 1. The number of methoxy groups -OCH3 is 1. The highest BCUT2D eigenvalue weighted by Crippen LogP contribution is 2.16. The van der Waals surface area contributed by atoms with E-state index >= 15 is 0 Å². The Morgan fingerprint density at radius 3 is 2.65 bits per heavy atom. The molecule has 0 bridgehead atoms. The summed E-state index contributed by atoms with van der Waals surface area (Å²) in [6.07, 6.45) is 1.73. The smallest absolute Gasteiger partial charge is 0.188 e. The van der Waals surface area contributed by atoms with E-state index in [0.717, 1.165) is 16.6 Å². The Morgan fingerprint density at radius 2 is 2.06 bits per heavy atom. The van der Waals surface area contributed by atoms with E-state index < -0.39 is 0 Å². The van der Waals surface area contributed by atoms with Gasteiger partial charge in [-0.05, 0) is 36.5 Å². The number of anilines is 2. The summed E-state index contributed by atoms with van der Waals surface area (Å²) in [7, 11) is 1.64. The normalized spacial score (nSPS) is 9.71. The van der Waals surface area contributed by atoms with Crippen molar-refractivity contribution in [3.8, 4) is 5.75 Å². The van der Waals surface area contributed by atoms with Crippen molar-refractivity contribution >= 4 is 39.5 Å². The molecule has 1 heterocycles. The maximum atomic E-state index is 5.16. The molecular formula is C11H11N3OS2. The number of ether oxygens (including phenoxy) is 1. The standard InChI is InChI=1S/C11H11N3OS2/c1-15-9-4-2-8(3-5-9)13-10(16)14-11-12-6-7-17-11/h2-7H,1H3,(H2,12,13,14,16). The van der Waals surface area contributed by atoms with Gasteiger partial charge in [0.25, 0.3) is 0 Å². The highest BCUT2D eigenvalue weighted by atomic mass is 32.1. The summed E-state index contributed by atoms with van der Waals surface area (Å²) in [5.41, 5.74) is 0.903. The van der Waals surface area contributed by atoms with Gasteiger partial charge in [0.1, 0.15) is 5.75 Å². The first-order valence-electron chi connectivity index (χ1n) is 4.89. The number of thiocarbonyl (C=S) groups is 1. The molecule has 0 aliphatic rings. The molecule has 1 aromatic heterocycles. The summed E-state index contributed by atoms with van der Waals surface area (Å²) in [6, 6.07) is 7.53. The Morgan fingerprint density at radius 1 is 1.29 bits per heavy atom. The van der Waals surface area contributed by atoms with Crippen LogP contribution in [0, 0.1) is 0 Å². The first kappa shape index (κ1) is 11.8. The second-order valence-corrected chi connectivity index (χ2v) is 4.45. The molecular weight excluding hydrogens is 254 g/mol. The molecule has 6 heteroatoms. The molecule has 2 rings (SSSR count). The van der Waals surface area contributed by atoms with Crippen molar-refractivity contribution in [2.75, 3.05) is 17.7 Å². The molecule has 1 aromatic carbocycles. The molecule has 0 unspecified atom stereocenters. The van der Waals surface area contributed by atoms with Crippen LogP contribution in [-0.4, -0.2) is 17.2 Å². The predicted molar refractivity (Wildman–Crippen MR) is 75.0 cm³/mol. The van der Waals surface area contributed by atoms with Gasteiger partial charge >= 0.3 is 0 Å². The predicted octanol–water partition coefficient (Wildman–Crippen LogP) is 2.96. The van der Waals surface area contributed by atoms with Crippen LogP contribution in [0.3, 0.4) is 0 Å². The molecule has 0 radical (unpaired) electrons. The Kier molecular flexibility index (Phi) is 3.89. The van der Waals surface area contributed by atoms with Crippen LogP contribution in [0.5, 0.6) is 5.75 Å². The van der Waals surface area contributed by atoms with Crippen LogP contribution in [0.2, 0.25) is 0 Å². The monoisotopic (exact) mass is 265 g/mol. The summed E-state index contributed by atoms with van der Waals surface area (Å²) in [5.74, 6) is 0.814. The van der Waals surface area contributed by atoms with E-state index in [0.29, 0.717) is 5.11 Å². The van der Waals surface area contributed by atoms with Gasteiger partial charge in [0.15, 0.2) is 10.2 Å². The van der Waals surface area contributed by atoms with E-state index in [4.69, 9.17) is 17.0 Å². The van der Waals surface area contributed by atoms with Crippen LogP contribution in [0.15, 0.2) is 35.8 Å². The van der Waals surface area contributed by atoms with Crippen molar-refractivity contribution in [3.63, 3.8) is 0 Å². The quantitative estimate of drug-likeness (QED) is 0.835. The molecule has 0 fully saturated rings. The van der Waals surface area contributed by atoms with Gasteiger partial charge in [-0.15, -0.1) is 11.3 Å². The molecule has 0 spiro atoms. The third-order valence-electron chi connectivity index (χ3n) is 2.00. The first-order valence-corrected chi connectivity index (χ1v) is 6.18. The fraction of sp³-hybridized carbons (Fsp3) is 0.0909. The third kappa shape index (κ3) is 3.40. The van der Waals surface area contributed by atoms with Crippen LogP contribution >= 0.6 is 23.6 Å². The van der Waals surface area contributed by atoms with Crippen LogP contribution in [0.4, 0.5) is 10.8 Å². The lowest BCUT2D eigenvalue weighted by Gasteiger charge is -2.08. The Bertz CT molecular complexity index is 482. The topological polar surface area (TPSA) is 46.2 Å². The highest BCUT2D eigenvalue weighted by Gasteiger charge is 2.00. The number of rotatable bonds is 3. The molecule has 88 valence electrons. The fourth-order valence-electron chi connectivity index (χ4n) is 1.22. The van der Waals surface area contributed by atoms with Crippen LogP contribution in [-0.2, 0) is 0 Å². The maximum absolute atomic E-state index is 5.16. The number of hydrogen-bond acceptors (Lipinski definition) is 4. The average molecular weight is 265 g/mol. The van der Waals surface area contributed by atoms with Crippen LogP contribution in [0.25, 0.3) is 0 Å². The van der Waals surface area contributed by atoms with Gasteiger partial charge in [-0.3, -0.25) is 0 Å². The lowest BCUT2D eigenvalue weighted by molar-refractivity contribution is 0.415. The zero-order chi connectivity index (χ0) is 12.1. The summed E-state index contributed by atoms with van der Waals surface area (Å²) in [5, 5.41) is 9.24. The Hall–Kier alpha value is -1.66. The van der Waals surface area contributed by atoms with Gasteiger partial charge in [-0.25, -0.2) is 4.98 Å². The van der Waals surface area contributed by atoms with Gasteiger partial charge in [-0.1, -0.05) is 0 Å². The summed E-state index contributed by atoms with van der Waals surface area (Å²) >= 11 is 6.66. The van der Waals surface area contributed by atoms with Gasteiger partial charge < -0.3 is 15.4 Å². The number of hydrogen-bond donors (Lipinski definition) is 2. The van der Waals surface area contributed by atoms with Gasteiger partial charge in [0, 0.05) is 17.3 Å². The second kappa shape index (κ2) is 5.60. The molecule has 0 aliphatic heterocycles. The largest absolute Gasteiger partial charge is 0.497 e. The summed E-state index contributed by atoms with van der Waals surface area (Å²) < 4.78 is 5.07. The van der Waals surface area contributed by atoms with Crippen LogP contribution in [0.1, 0.15) is 0 Å². The van der Waals surface area contributed by atoms with E-state index in [9.17, 15) is 0 Å². The van der Waals surface area contributed by atoms with E-state index in [1.165, 1.54) is 11.3 Å². The van der Waals surface area contributed by atoms with E-state index in [1.807, 2.05) is 29.6 Å². The number of nitrogens with one attached hydrogen (secondary N) is 2. The number of benzene rings is 1. The highest BCUT2D eigenvalue weighted by molar-refractivity contribution is 7.80. The number of thiazole rings is 1. The fourth-order valence-corrected chi connectivity index (χ4v) is 2.03. The van der Waals surface area contributed by atoms with Crippen molar-refractivity contribution in [1.82, 2.24) is 4.98 Å². The molecule has 0 saturated carbocycles. The first-order chi connectivity index (χ1) is 8.28. The minimum Gasteiger partial charge on any atom is -0.497 e. The van der Waals surface area contributed by atoms with Crippen LogP contribution < -0.4 is 15.4 Å². The van der Waals surface area contributed by atoms with Crippen molar-refractivity contribution in [3.05, 3.63) is 35.8 Å². The minimum absolute atomic E-state index is 0.519. The average Bonchev–Trinajstić information content (AvgIpc) is 2.82. The molecule has 2 N–H and O–H groups in total. The molecule has 0 amide bonds. The van der Waals surface area contributed by atoms with Crippen molar-refractivity contribution in [2.45, 2.75) is 0 Å². The molecule has 0 saturated heterocycles. The molecule has 17 heavy (non-hydrogen) atoms. The van der Waals surface area contributed by atoms with Gasteiger partial charge in [-0.2, -0.15) is 0 Å². The zero-order valence-corrected chi connectivity index (χ0v) is 10.8. The summed E-state index contributed by atoms with van der Waals surface area (Å²) in [4.78, 5) is 4.09. The van der Waals surface area contributed by atoms with E-state index in [2.05, 4.69) is 15.6 Å². The van der Waals surface area contributed by atoms with Crippen molar-refractivity contribution in [2.24, 2.45) is 0 Å². The van der Waals surface area contributed by atoms with Crippen molar-refractivity contribution in [1.29, 1.82) is 0 Å². The summed E-state index contributed by atoms with van der Waals surface area (Å²) in [6.45, 7) is 0. The Labute approximate surface area is 109 Å². The number of nitrogens with zero attached hydrogens (tertiary/aromatic N) is 1. The molecule has 0 atom stereocenters. The van der Waals surface area contributed by atoms with Gasteiger partial charge in [0.2, 0.25) is 0 Å². The lowest BCUT2D eigenvalue weighted by Crippen LogP contribution is -2.18. The van der Waals surface area contributed by atoms with E-state index in [1.54, 1.807) is 13.3 Å². The molecule has 0 aliphatic carbocycles. The molecule has 4 nitrogen and oxygen atoms in total. The second-order valence-electron chi connectivity index (χ2n) is 3.14. The zero-order valence-electron chi connectivity index (χ0n) is 9.14.